The molecule has 0 aromatic heterocycles. The van der Waals surface area contributed by atoms with Crippen LogP contribution in [0.3, 0.4) is 0 Å². The largest absolute Gasteiger partial charge is 0.480 e. The summed E-state index contributed by atoms with van der Waals surface area (Å²) in [6, 6.07) is -0.508. The van der Waals surface area contributed by atoms with Gasteiger partial charge in [0.2, 0.25) is 0 Å². The minimum absolute atomic E-state index is 0.0534. The van der Waals surface area contributed by atoms with E-state index in [0.29, 0.717) is 46.0 Å². The summed E-state index contributed by atoms with van der Waals surface area (Å²) in [7, 11) is 0. The van der Waals surface area contributed by atoms with Gasteiger partial charge in [-0.3, -0.25) is 14.5 Å². The summed E-state index contributed by atoms with van der Waals surface area (Å²) < 4.78 is 10.6. The van der Waals surface area contributed by atoms with Crippen molar-refractivity contribution < 1.29 is 24.2 Å². The maximum Gasteiger partial charge on any atom is 0.320 e. The van der Waals surface area contributed by atoms with Gasteiger partial charge in [-0.2, -0.15) is 0 Å². The van der Waals surface area contributed by atoms with Crippen LogP contribution in [-0.4, -0.2) is 84.9 Å². The maximum absolute atomic E-state index is 12.1. The molecular weight excluding hydrogens is 252 g/mol. The summed E-state index contributed by atoms with van der Waals surface area (Å²) >= 11 is 0. The molecule has 2 heterocycles. The Morgan fingerprint density at radius 2 is 1.89 bits per heavy atom. The van der Waals surface area contributed by atoms with Crippen LogP contribution in [0.2, 0.25) is 0 Å². The van der Waals surface area contributed by atoms with E-state index in [1.807, 2.05) is 4.90 Å². The molecule has 2 saturated heterocycles. The van der Waals surface area contributed by atoms with Gasteiger partial charge in [-0.1, -0.05) is 0 Å². The smallest absolute Gasteiger partial charge is 0.320 e. The number of piperazine rings is 1. The van der Waals surface area contributed by atoms with E-state index < -0.39 is 18.1 Å². The number of carbonyl (C=O) groups is 2. The van der Waals surface area contributed by atoms with Crippen LogP contribution in [0.25, 0.3) is 0 Å². The summed E-state index contributed by atoms with van der Waals surface area (Å²) in [4.78, 5) is 26.6. The third-order valence-electron chi connectivity index (χ3n) is 3.62. The first-order chi connectivity index (χ1) is 9.09. The van der Waals surface area contributed by atoms with Crippen LogP contribution in [0.1, 0.15) is 6.92 Å². The second-order valence-corrected chi connectivity index (χ2v) is 4.81. The quantitative estimate of drug-likeness (QED) is 0.711. The fourth-order valence-electron chi connectivity index (χ4n) is 2.32. The number of nitrogens with zero attached hydrogens (tertiary/aromatic N) is 2. The Balaban J connectivity index is 1.82. The number of hydrogen-bond donors (Lipinski definition) is 1. The lowest BCUT2D eigenvalue weighted by molar-refractivity contribution is -0.160. The topological polar surface area (TPSA) is 79.3 Å². The fraction of sp³-hybridized carbons (Fsp3) is 0.833. The van der Waals surface area contributed by atoms with Gasteiger partial charge in [0, 0.05) is 26.2 Å². The van der Waals surface area contributed by atoms with Crippen molar-refractivity contribution in [3.05, 3.63) is 0 Å². The van der Waals surface area contributed by atoms with Crippen LogP contribution in [0.15, 0.2) is 0 Å². The highest BCUT2D eigenvalue weighted by molar-refractivity contribution is 5.81. The highest BCUT2D eigenvalue weighted by atomic mass is 16.6. The van der Waals surface area contributed by atoms with E-state index >= 15 is 0 Å². The lowest BCUT2D eigenvalue weighted by Crippen LogP contribution is -2.56. The monoisotopic (exact) mass is 272 g/mol. The number of hydrogen-bond acceptors (Lipinski definition) is 5. The van der Waals surface area contributed by atoms with Gasteiger partial charge in [-0.15, -0.1) is 0 Å². The SMILES string of the molecule is CC(C(=O)O)N1CCN(C(=O)C2COCCO2)CC1. The molecule has 2 unspecified atom stereocenters. The summed E-state index contributed by atoms with van der Waals surface area (Å²) in [6.07, 6.45) is -0.503. The molecule has 2 atom stereocenters. The first-order valence-corrected chi connectivity index (χ1v) is 6.54. The van der Waals surface area contributed by atoms with Crippen molar-refractivity contribution >= 4 is 11.9 Å². The van der Waals surface area contributed by atoms with E-state index in [-0.39, 0.29) is 5.91 Å². The van der Waals surface area contributed by atoms with Gasteiger partial charge in [0.05, 0.1) is 19.8 Å². The Bertz CT molecular complexity index is 335. The molecule has 1 amide bonds. The van der Waals surface area contributed by atoms with E-state index in [0.717, 1.165) is 0 Å². The van der Waals surface area contributed by atoms with E-state index in [1.54, 1.807) is 11.8 Å². The number of amides is 1. The van der Waals surface area contributed by atoms with Crippen molar-refractivity contribution in [1.29, 1.82) is 0 Å². The average molecular weight is 272 g/mol. The number of carbonyl (C=O) groups excluding carboxylic acids is 1. The predicted molar refractivity (Wildman–Crippen MR) is 65.8 cm³/mol. The molecular formula is C12H20N2O5. The molecule has 7 heteroatoms. The summed E-state index contributed by atoms with van der Waals surface area (Å²) in [6.45, 7) is 5.19. The second-order valence-electron chi connectivity index (χ2n) is 4.81. The van der Waals surface area contributed by atoms with Crippen molar-refractivity contribution in [1.82, 2.24) is 9.80 Å². The predicted octanol–water partition coefficient (Wildman–Crippen LogP) is -0.981. The molecule has 19 heavy (non-hydrogen) atoms. The van der Waals surface area contributed by atoms with Crippen molar-refractivity contribution in [3.63, 3.8) is 0 Å². The number of carboxylic acid groups (broad SMARTS) is 1. The molecule has 0 aromatic rings. The van der Waals surface area contributed by atoms with Gasteiger partial charge in [-0.25, -0.2) is 0 Å². The normalized spacial score (nSPS) is 27.0. The third-order valence-corrected chi connectivity index (χ3v) is 3.62. The number of ether oxygens (including phenoxy) is 2. The molecule has 2 aliphatic rings. The lowest BCUT2D eigenvalue weighted by atomic mass is 10.2. The van der Waals surface area contributed by atoms with Crippen molar-refractivity contribution in [2.24, 2.45) is 0 Å². The van der Waals surface area contributed by atoms with Crippen LogP contribution in [0.5, 0.6) is 0 Å². The van der Waals surface area contributed by atoms with E-state index in [2.05, 4.69) is 0 Å². The Labute approximate surface area is 112 Å². The van der Waals surface area contributed by atoms with Gasteiger partial charge in [0.1, 0.15) is 6.04 Å². The van der Waals surface area contributed by atoms with Crippen molar-refractivity contribution in [2.75, 3.05) is 46.0 Å². The van der Waals surface area contributed by atoms with E-state index in [1.165, 1.54) is 0 Å². The molecule has 0 aliphatic carbocycles. The average Bonchev–Trinajstić information content (AvgIpc) is 2.46. The van der Waals surface area contributed by atoms with Crippen LogP contribution < -0.4 is 0 Å². The molecule has 2 rings (SSSR count). The molecule has 2 fully saturated rings. The van der Waals surface area contributed by atoms with Crippen molar-refractivity contribution in [2.45, 2.75) is 19.1 Å². The molecule has 7 nitrogen and oxygen atoms in total. The number of carboxylic acids is 1. The first-order valence-electron chi connectivity index (χ1n) is 6.54. The van der Waals surface area contributed by atoms with E-state index in [4.69, 9.17) is 14.6 Å². The van der Waals surface area contributed by atoms with Gasteiger partial charge in [0.25, 0.3) is 5.91 Å². The first kappa shape index (κ1) is 14.2. The standard InChI is InChI=1S/C12H20N2O5/c1-9(12(16)17)13-2-4-14(5-3-13)11(15)10-8-18-6-7-19-10/h9-10H,2-8H2,1H3,(H,16,17). The number of aliphatic carboxylic acids is 1. The Morgan fingerprint density at radius 1 is 1.21 bits per heavy atom. The van der Waals surface area contributed by atoms with Crippen LogP contribution in [0.4, 0.5) is 0 Å². The molecule has 0 radical (unpaired) electrons. The molecule has 1 N–H and O–H groups in total. The molecule has 2 aliphatic heterocycles. The summed E-state index contributed by atoms with van der Waals surface area (Å²) in [5.74, 6) is -0.883. The van der Waals surface area contributed by atoms with Gasteiger partial charge < -0.3 is 19.5 Å². The molecule has 0 saturated carbocycles. The minimum atomic E-state index is -0.830. The number of rotatable bonds is 3. The maximum atomic E-state index is 12.1. The highest BCUT2D eigenvalue weighted by Gasteiger charge is 2.31. The van der Waals surface area contributed by atoms with Crippen LogP contribution in [0, 0.1) is 0 Å². The highest BCUT2D eigenvalue weighted by Crippen LogP contribution is 2.11. The zero-order valence-corrected chi connectivity index (χ0v) is 11.1. The zero-order valence-electron chi connectivity index (χ0n) is 11.1. The van der Waals surface area contributed by atoms with Gasteiger partial charge in [-0.05, 0) is 6.92 Å². The van der Waals surface area contributed by atoms with E-state index in [9.17, 15) is 9.59 Å². The fourth-order valence-corrected chi connectivity index (χ4v) is 2.32. The Morgan fingerprint density at radius 3 is 2.42 bits per heavy atom. The molecule has 0 aromatic carbocycles. The Kier molecular flexibility index (Phi) is 4.73. The Hall–Kier alpha value is -1.18. The second kappa shape index (κ2) is 6.31. The molecule has 0 spiro atoms. The third kappa shape index (κ3) is 3.43. The minimum Gasteiger partial charge on any atom is -0.480 e. The van der Waals surface area contributed by atoms with Crippen LogP contribution in [-0.2, 0) is 19.1 Å². The lowest BCUT2D eigenvalue weighted by Gasteiger charge is -2.38. The summed E-state index contributed by atoms with van der Waals surface area (Å²) in [5.41, 5.74) is 0. The summed E-state index contributed by atoms with van der Waals surface area (Å²) in [5, 5.41) is 8.95. The van der Waals surface area contributed by atoms with Gasteiger partial charge in [0.15, 0.2) is 6.10 Å². The van der Waals surface area contributed by atoms with Gasteiger partial charge >= 0.3 is 5.97 Å². The molecule has 0 bridgehead atoms. The van der Waals surface area contributed by atoms with Crippen LogP contribution >= 0.6 is 0 Å². The zero-order chi connectivity index (χ0) is 13.8. The molecule has 108 valence electrons. The van der Waals surface area contributed by atoms with Crippen molar-refractivity contribution in [3.8, 4) is 0 Å².